The Morgan fingerprint density at radius 1 is 1.00 bits per heavy atom. The summed E-state index contributed by atoms with van der Waals surface area (Å²) in [6, 6.07) is 10.4. The lowest BCUT2D eigenvalue weighted by Crippen LogP contribution is -2.12. The van der Waals surface area contributed by atoms with E-state index in [0.717, 1.165) is 28.5 Å². The van der Waals surface area contributed by atoms with Crippen LogP contribution in [0, 0.1) is 16.4 Å². The van der Waals surface area contributed by atoms with Gasteiger partial charge in [0.15, 0.2) is 16.1 Å². The molecule has 3 heteroatoms. The van der Waals surface area contributed by atoms with Crippen LogP contribution in [0.2, 0.25) is 0 Å². The second-order valence-corrected chi connectivity index (χ2v) is 8.36. The van der Waals surface area contributed by atoms with Crippen molar-refractivity contribution >= 4 is 34.0 Å². The van der Waals surface area contributed by atoms with Gasteiger partial charge in [-0.05, 0) is 78.7 Å². The van der Waals surface area contributed by atoms with Crippen molar-refractivity contribution in [3.63, 3.8) is 0 Å². The lowest BCUT2D eigenvalue weighted by molar-refractivity contribution is 0.319. The first-order valence-electron chi connectivity index (χ1n) is 10.3. The maximum Gasteiger partial charge on any atom is 0.198 e. The minimum Gasteiger partial charge on any atom is -0.441 e. The molecule has 27 heavy (non-hydrogen) atoms. The normalized spacial score (nSPS) is 20.4. The van der Waals surface area contributed by atoms with Crippen molar-refractivity contribution in [1.82, 2.24) is 0 Å². The predicted molar refractivity (Wildman–Crippen MR) is 113 cm³/mol. The molecule has 1 heterocycles. The van der Waals surface area contributed by atoms with Crippen LogP contribution in [0.15, 0.2) is 34.7 Å². The maximum atomic E-state index is 14.9. The van der Waals surface area contributed by atoms with Crippen molar-refractivity contribution in [2.75, 3.05) is 0 Å². The molecular weight excluding hydrogens is 355 g/mol. The molecule has 0 amide bonds. The monoisotopic (exact) mass is 382 g/mol. The third kappa shape index (κ3) is 3.42. The van der Waals surface area contributed by atoms with E-state index in [9.17, 15) is 4.39 Å². The third-order valence-electron chi connectivity index (χ3n) is 6.34. The largest absolute Gasteiger partial charge is 0.441 e. The number of hydrogen-bond donors (Lipinski definition) is 0. The van der Waals surface area contributed by atoms with Gasteiger partial charge in [-0.25, -0.2) is 4.39 Å². The van der Waals surface area contributed by atoms with Crippen LogP contribution in [0.1, 0.15) is 69.4 Å². The van der Waals surface area contributed by atoms with Crippen molar-refractivity contribution in [3.8, 4) is 0 Å². The quantitative estimate of drug-likeness (QED) is 0.334. The van der Waals surface area contributed by atoms with Gasteiger partial charge in [-0.15, -0.1) is 0 Å². The zero-order valence-corrected chi connectivity index (χ0v) is 17.0. The number of aryl methyl sites for hydroxylation is 1. The molecule has 0 unspecified atom stereocenters. The molecule has 1 aliphatic carbocycles. The maximum absolute atomic E-state index is 14.9. The van der Waals surface area contributed by atoms with Crippen LogP contribution >= 0.6 is 12.2 Å². The van der Waals surface area contributed by atoms with Crippen LogP contribution in [-0.2, 0) is 6.42 Å². The minimum atomic E-state index is -0.260. The molecule has 1 aliphatic rings. The fraction of sp³-hybridized carbons (Fsp3) is 0.458. The van der Waals surface area contributed by atoms with Crippen molar-refractivity contribution in [1.29, 1.82) is 0 Å². The van der Waals surface area contributed by atoms with Gasteiger partial charge in [0.2, 0.25) is 0 Å². The van der Waals surface area contributed by atoms with Gasteiger partial charge in [0.1, 0.15) is 0 Å². The van der Waals surface area contributed by atoms with Gasteiger partial charge < -0.3 is 4.42 Å². The fourth-order valence-electron chi connectivity index (χ4n) is 4.64. The van der Waals surface area contributed by atoms with Gasteiger partial charge in [-0.3, -0.25) is 0 Å². The molecule has 1 fully saturated rings. The second-order valence-electron chi connectivity index (χ2n) is 7.99. The van der Waals surface area contributed by atoms with E-state index in [1.54, 1.807) is 0 Å². The molecule has 1 nitrogen and oxygen atoms in total. The Labute approximate surface area is 165 Å². The number of fused-ring (bicyclic) bond motifs is 3. The van der Waals surface area contributed by atoms with Gasteiger partial charge in [-0.1, -0.05) is 51.0 Å². The van der Waals surface area contributed by atoms with Gasteiger partial charge in [-0.2, -0.15) is 0 Å². The van der Waals surface area contributed by atoms with E-state index < -0.39 is 0 Å². The Morgan fingerprint density at radius 2 is 1.74 bits per heavy atom. The van der Waals surface area contributed by atoms with Crippen LogP contribution in [-0.4, -0.2) is 0 Å². The van der Waals surface area contributed by atoms with Crippen LogP contribution in [0.5, 0.6) is 0 Å². The third-order valence-corrected chi connectivity index (χ3v) is 6.64. The summed E-state index contributed by atoms with van der Waals surface area (Å²) in [4.78, 5) is 0. The van der Waals surface area contributed by atoms with E-state index in [4.69, 9.17) is 16.6 Å². The Balaban J connectivity index is 1.79. The molecular formula is C24H27FOS. The zero-order valence-electron chi connectivity index (χ0n) is 16.2. The first-order valence-corrected chi connectivity index (χ1v) is 10.7. The Kier molecular flexibility index (Phi) is 5.32. The molecule has 4 rings (SSSR count). The van der Waals surface area contributed by atoms with Crippen molar-refractivity contribution in [2.45, 2.75) is 64.7 Å². The van der Waals surface area contributed by atoms with Gasteiger partial charge in [0.05, 0.1) is 0 Å². The Hall–Kier alpha value is -1.74. The van der Waals surface area contributed by atoms with Crippen LogP contribution in [0.4, 0.5) is 4.39 Å². The highest BCUT2D eigenvalue weighted by Gasteiger charge is 2.22. The second kappa shape index (κ2) is 7.71. The van der Waals surface area contributed by atoms with Crippen LogP contribution < -0.4 is 0 Å². The molecule has 0 atom stereocenters. The number of hydrogen-bond acceptors (Lipinski definition) is 2. The number of rotatable bonds is 4. The summed E-state index contributed by atoms with van der Waals surface area (Å²) in [5.41, 5.74) is 2.35. The van der Waals surface area contributed by atoms with E-state index in [1.807, 2.05) is 12.1 Å². The van der Waals surface area contributed by atoms with E-state index >= 15 is 0 Å². The summed E-state index contributed by atoms with van der Waals surface area (Å²) in [5.74, 6) is 1.23. The molecule has 1 aromatic heterocycles. The average molecular weight is 383 g/mol. The molecule has 142 valence electrons. The molecule has 3 aromatic rings. The number of halogens is 1. The van der Waals surface area contributed by atoms with Crippen molar-refractivity contribution in [2.24, 2.45) is 5.92 Å². The summed E-state index contributed by atoms with van der Waals surface area (Å²) >= 11 is 5.51. The fourth-order valence-corrected chi connectivity index (χ4v) is 4.89. The average Bonchev–Trinajstić information content (AvgIpc) is 2.71. The molecule has 0 radical (unpaired) electrons. The van der Waals surface area contributed by atoms with E-state index in [1.165, 1.54) is 37.7 Å². The topological polar surface area (TPSA) is 13.1 Å². The molecule has 2 aromatic carbocycles. The lowest BCUT2D eigenvalue weighted by Gasteiger charge is -2.28. The van der Waals surface area contributed by atoms with E-state index in [-0.39, 0.29) is 5.82 Å². The minimum absolute atomic E-state index is 0.260. The smallest absolute Gasteiger partial charge is 0.198 e. The van der Waals surface area contributed by atoms with Gasteiger partial charge in [0, 0.05) is 10.8 Å². The summed E-state index contributed by atoms with van der Waals surface area (Å²) in [6.07, 6.45) is 8.02. The van der Waals surface area contributed by atoms with Gasteiger partial charge >= 0.3 is 0 Å². The SMILES string of the molecule is CCCc1ccc2c(oc(=S)c3cc(C4CCC(CC)CC4)ccc32)c1F. The highest BCUT2D eigenvalue weighted by Crippen LogP contribution is 2.39. The van der Waals surface area contributed by atoms with E-state index in [2.05, 4.69) is 32.0 Å². The molecule has 0 saturated heterocycles. The molecule has 0 spiro atoms. The summed E-state index contributed by atoms with van der Waals surface area (Å²) in [5, 5.41) is 2.75. The highest BCUT2D eigenvalue weighted by molar-refractivity contribution is 7.71. The zero-order chi connectivity index (χ0) is 19.0. The Morgan fingerprint density at radius 3 is 2.44 bits per heavy atom. The van der Waals surface area contributed by atoms with Crippen molar-refractivity contribution in [3.05, 3.63) is 52.0 Å². The predicted octanol–water partition coefficient (Wildman–Crippen LogP) is 8.09. The van der Waals surface area contributed by atoms with Crippen molar-refractivity contribution < 1.29 is 8.81 Å². The van der Waals surface area contributed by atoms with Crippen LogP contribution in [0.3, 0.4) is 0 Å². The summed E-state index contributed by atoms with van der Waals surface area (Å²) < 4.78 is 21.1. The molecule has 0 aliphatic heterocycles. The molecule has 1 saturated carbocycles. The molecule has 0 N–H and O–H groups in total. The first kappa shape index (κ1) is 18.6. The lowest BCUT2D eigenvalue weighted by atomic mass is 9.77. The van der Waals surface area contributed by atoms with Gasteiger partial charge in [0.25, 0.3) is 0 Å². The Bertz CT molecular complexity index is 1030. The standard InChI is InChI=1S/C24H27FOS/c1-3-5-17-10-13-20-19-12-11-18(16-8-6-15(4-2)7-9-16)14-21(19)24(27)26-23(20)22(17)25/h10-16H,3-9H2,1-2H3. The van der Waals surface area contributed by atoms with Crippen LogP contribution in [0.25, 0.3) is 21.7 Å². The molecule has 0 bridgehead atoms. The first-order chi connectivity index (χ1) is 13.1. The summed E-state index contributed by atoms with van der Waals surface area (Å²) in [6.45, 7) is 4.34. The van der Waals surface area contributed by atoms with E-state index in [0.29, 0.717) is 28.2 Å². The number of benzene rings is 2. The summed E-state index contributed by atoms with van der Waals surface area (Å²) in [7, 11) is 0. The highest BCUT2D eigenvalue weighted by atomic mass is 32.1.